The van der Waals surface area contributed by atoms with Crippen LogP contribution in [0.15, 0.2) is 12.2 Å². The average molecular weight is 891 g/mol. The lowest BCUT2D eigenvalue weighted by atomic mass is 9.41. The Kier molecular flexibility index (Phi) is 13.6. The number of carboxylic acid groups (broad SMARTS) is 1. The van der Waals surface area contributed by atoms with E-state index in [4.69, 9.17) is 38.3 Å². The lowest BCUT2D eigenvalue weighted by molar-refractivity contribution is -0.378. The highest BCUT2D eigenvalue weighted by molar-refractivity contribution is 5.90. The van der Waals surface area contributed by atoms with Crippen LogP contribution in [0.25, 0.3) is 0 Å². The molecule has 21 nitrogen and oxygen atoms in total. The third kappa shape index (κ3) is 8.12. The van der Waals surface area contributed by atoms with Crippen LogP contribution >= 0.6 is 0 Å². The maximum atomic E-state index is 14.3. The maximum Gasteiger partial charge on any atom is 0.317 e. The fourth-order valence-electron chi connectivity index (χ4n) is 12.4. The van der Waals surface area contributed by atoms with Crippen LogP contribution in [-0.4, -0.2) is 192 Å². The molecule has 3 aliphatic heterocycles. The first kappa shape index (κ1) is 47.5. The van der Waals surface area contributed by atoms with Gasteiger partial charge in [0.25, 0.3) is 0 Å². The van der Waals surface area contributed by atoms with Crippen LogP contribution in [0.1, 0.15) is 78.1 Å². The van der Waals surface area contributed by atoms with Crippen molar-refractivity contribution in [3.8, 4) is 0 Å². The number of hydrogen-bond acceptors (Lipinski definition) is 20. The van der Waals surface area contributed by atoms with Crippen LogP contribution < -0.4 is 0 Å². The first-order valence-electron chi connectivity index (χ1n) is 21.4. The minimum absolute atomic E-state index is 0.0570. The van der Waals surface area contributed by atoms with Crippen molar-refractivity contribution in [3.05, 3.63) is 12.2 Å². The predicted octanol–water partition coefficient (Wildman–Crippen LogP) is -2.91. The summed E-state index contributed by atoms with van der Waals surface area (Å²) in [6.07, 6.45) is -20.4. The van der Waals surface area contributed by atoms with Crippen LogP contribution in [0.3, 0.4) is 0 Å². The first-order chi connectivity index (χ1) is 29.1. The molecule has 7 fully saturated rings. The van der Waals surface area contributed by atoms with Crippen LogP contribution in [0.2, 0.25) is 0 Å². The molecule has 7 rings (SSSR count). The van der Waals surface area contributed by atoms with Crippen LogP contribution in [0.5, 0.6) is 0 Å². The highest BCUT2D eigenvalue weighted by Crippen LogP contribution is 2.73. The zero-order chi connectivity index (χ0) is 45.3. The molecule has 7 aliphatic rings. The van der Waals surface area contributed by atoms with E-state index in [9.17, 15) is 65.4 Å². The molecule has 352 valence electrons. The van der Waals surface area contributed by atoms with Crippen molar-refractivity contribution in [1.29, 1.82) is 0 Å². The summed E-state index contributed by atoms with van der Waals surface area (Å²) in [7, 11) is 0. The molecular formula is C41H62O21. The molecule has 4 saturated carbocycles. The number of ether oxygens (including phenoxy) is 7. The summed E-state index contributed by atoms with van der Waals surface area (Å²) in [5, 5.41) is 114. The van der Waals surface area contributed by atoms with Gasteiger partial charge >= 0.3 is 17.9 Å². The third-order valence-electron chi connectivity index (χ3n) is 15.5. The number of aliphatic hydroxyl groups is 10. The van der Waals surface area contributed by atoms with Gasteiger partial charge < -0.3 is 89.3 Å². The van der Waals surface area contributed by atoms with Gasteiger partial charge in [-0.05, 0) is 86.5 Å². The van der Waals surface area contributed by atoms with Crippen LogP contribution in [0.4, 0.5) is 0 Å². The zero-order valence-corrected chi connectivity index (χ0v) is 34.7. The zero-order valence-electron chi connectivity index (χ0n) is 34.7. The topological polar surface area (TPSA) is 338 Å². The third-order valence-corrected chi connectivity index (χ3v) is 15.5. The van der Waals surface area contributed by atoms with Gasteiger partial charge in [-0.1, -0.05) is 19.9 Å². The second kappa shape index (κ2) is 17.7. The molecule has 0 amide bonds. The summed E-state index contributed by atoms with van der Waals surface area (Å²) in [5.41, 5.74) is -2.12. The number of carbonyl (C=O) groups is 3. The molecule has 0 aromatic heterocycles. The van der Waals surface area contributed by atoms with Gasteiger partial charge in [-0.15, -0.1) is 0 Å². The van der Waals surface area contributed by atoms with Gasteiger partial charge in [0.15, 0.2) is 12.6 Å². The fourth-order valence-corrected chi connectivity index (χ4v) is 12.4. The molecule has 0 aromatic carbocycles. The van der Waals surface area contributed by atoms with E-state index < -0.39 is 153 Å². The molecular weight excluding hydrogens is 828 g/mol. The normalized spacial score (nSPS) is 50.3. The summed E-state index contributed by atoms with van der Waals surface area (Å²) in [4.78, 5) is 37.1. The Hall–Kier alpha value is -2.45. The van der Waals surface area contributed by atoms with Gasteiger partial charge in [0.2, 0.25) is 6.29 Å². The summed E-state index contributed by atoms with van der Waals surface area (Å²) < 4.78 is 40.6. The number of carboxylic acids is 1. The standard InChI is InChI=1S/C41H62O21/c1-17-12-40-9-5-21-38(2,7-4-8-39(21,3)37(55)61-35-32(54)29(51)27(49)20(59-35)15-56-24(46)11-23(44)45)22(40)6-10-41(17,16-40)62-36-33(30(52)26(48)19(14-43)58-36)60-34-31(53)28(50)25(47)18(13-42)57-34/h18-22,25-36,42-43,47-54H,1,4-16H2,2-3H3,(H,44,45)/t18?,19-,20?,21+,22+,25-,26?,27-,28?,29?,30?,31?,32?,33-,34+,35+,36?,38-,39-,40-,41+/m1/s1. The van der Waals surface area contributed by atoms with Gasteiger partial charge in [0.05, 0.1) is 24.2 Å². The lowest BCUT2D eigenvalue weighted by Gasteiger charge is -2.64. The predicted molar refractivity (Wildman–Crippen MR) is 203 cm³/mol. The number of esters is 2. The van der Waals surface area contributed by atoms with Crippen molar-refractivity contribution in [2.45, 2.75) is 176 Å². The Morgan fingerprint density at radius 2 is 1.29 bits per heavy atom. The Balaban J connectivity index is 1.07. The number of fused-ring (bicyclic) bond motifs is 3. The van der Waals surface area contributed by atoms with E-state index in [1.54, 1.807) is 0 Å². The summed E-state index contributed by atoms with van der Waals surface area (Å²) in [6, 6.07) is 0. The second-order valence-corrected chi connectivity index (χ2v) is 19.1. The first-order valence-corrected chi connectivity index (χ1v) is 21.4. The molecule has 21 heteroatoms. The van der Waals surface area contributed by atoms with E-state index in [1.165, 1.54) is 0 Å². The molecule has 2 bridgehead atoms. The van der Waals surface area contributed by atoms with Gasteiger partial charge in [-0.3, -0.25) is 14.4 Å². The van der Waals surface area contributed by atoms with E-state index in [0.717, 1.165) is 12.0 Å². The average Bonchev–Trinajstić information content (AvgIpc) is 3.42. The largest absolute Gasteiger partial charge is 0.481 e. The Morgan fingerprint density at radius 3 is 1.94 bits per heavy atom. The van der Waals surface area contributed by atoms with Gasteiger partial charge in [-0.25, -0.2) is 0 Å². The van der Waals surface area contributed by atoms with Crippen LogP contribution in [0, 0.1) is 28.1 Å². The number of hydrogen-bond donors (Lipinski definition) is 11. The molecule has 9 unspecified atom stereocenters. The SMILES string of the molecule is C=C1C[C@@]23CC[C@H]4[C@@](C)(CCC[C@@]4(C)C(=O)O[C@@H]4OC(COC(=O)CC(=O)O)[C@@H](O)C(O)C4O)[C@@H]2CC[C@]1(OC1O[C@H](CO)C(O)C(O)[C@H]1O[C@@H]1OC(CO)[C@@H](O)C(O)C1O)C3. The highest BCUT2D eigenvalue weighted by atomic mass is 16.8. The van der Waals surface area contributed by atoms with E-state index in [0.29, 0.717) is 51.4 Å². The van der Waals surface area contributed by atoms with E-state index in [1.807, 2.05) is 6.92 Å². The summed E-state index contributed by atoms with van der Waals surface area (Å²) in [5.74, 6) is -3.39. The van der Waals surface area contributed by atoms with Gasteiger partial charge in [0.1, 0.15) is 86.3 Å². The minimum Gasteiger partial charge on any atom is -0.481 e. The van der Waals surface area contributed by atoms with E-state index >= 15 is 0 Å². The van der Waals surface area contributed by atoms with Crippen molar-refractivity contribution in [3.63, 3.8) is 0 Å². The van der Waals surface area contributed by atoms with Crippen molar-refractivity contribution in [2.75, 3.05) is 19.8 Å². The van der Waals surface area contributed by atoms with Crippen LogP contribution in [-0.2, 0) is 47.5 Å². The van der Waals surface area contributed by atoms with Crippen molar-refractivity contribution in [2.24, 2.45) is 28.1 Å². The molecule has 1 spiro atoms. The smallest absolute Gasteiger partial charge is 0.317 e. The molecule has 4 aliphatic carbocycles. The summed E-state index contributed by atoms with van der Waals surface area (Å²) >= 11 is 0. The van der Waals surface area contributed by atoms with Crippen molar-refractivity contribution in [1.82, 2.24) is 0 Å². The molecule has 62 heavy (non-hydrogen) atoms. The quantitative estimate of drug-likeness (QED) is 0.0405. The fraction of sp³-hybridized carbons (Fsp3) is 0.878. The van der Waals surface area contributed by atoms with E-state index in [-0.39, 0.29) is 17.3 Å². The minimum atomic E-state index is -1.85. The molecule has 0 radical (unpaired) electrons. The van der Waals surface area contributed by atoms with Gasteiger partial charge in [0, 0.05) is 0 Å². The Morgan fingerprint density at radius 1 is 0.710 bits per heavy atom. The maximum absolute atomic E-state index is 14.3. The number of aliphatic hydroxyl groups excluding tert-OH is 10. The number of aliphatic carboxylic acids is 1. The molecule has 3 saturated heterocycles. The molecule has 0 aromatic rings. The summed E-state index contributed by atoms with van der Waals surface area (Å²) in [6.45, 7) is 6.35. The lowest BCUT2D eigenvalue weighted by Crippen LogP contribution is -2.65. The highest BCUT2D eigenvalue weighted by Gasteiger charge is 2.69. The van der Waals surface area contributed by atoms with Crippen molar-refractivity contribution >= 4 is 17.9 Å². The Labute approximate surface area is 357 Å². The number of carbonyl (C=O) groups excluding carboxylic acids is 2. The number of rotatable bonds is 12. The Bertz CT molecular complexity index is 1680. The molecule has 11 N–H and O–H groups in total. The van der Waals surface area contributed by atoms with Gasteiger partial charge in [-0.2, -0.15) is 0 Å². The van der Waals surface area contributed by atoms with E-state index in [2.05, 4.69) is 13.5 Å². The molecule has 21 atom stereocenters. The molecule has 3 heterocycles. The van der Waals surface area contributed by atoms with Crippen molar-refractivity contribution < 1.29 is 104 Å². The second-order valence-electron chi connectivity index (χ2n) is 19.1. The monoisotopic (exact) mass is 890 g/mol.